The van der Waals surface area contributed by atoms with Gasteiger partial charge >= 0.3 is 0 Å². The van der Waals surface area contributed by atoms with Crippen LogP contribution in [0.3, 0.4) is 0 Å². The topological polar surface area (TPSA) is 35.2 Å². The summed E-state index contributed by atoms with van der Waals surface area (Å²) in [6.45, 7) is 6.88. The van der Waals surface area contributed by atoms with Crippen molar-refractivity contribution in [3.05, 3.63) is 58.9 Å². The smallest absolute Gasteiger partial charge is 0.130 e. The quantitative estimate of drug-likeness (QED) is 0.875. The molecule has 2 N–H and O–H groups in total. The molecule has 21 heavy (non-hydrogen) atoms. The van der Waals surface area contributed by atoms with Gasteiger partial charge in [-0.2, -0.15) is 0 Å². The predicted molar refractivity (Wildman–Crippen MR) is 84.5 cm³/mol. The largest absolute Gasteiger partial charge is 0.457 e. The van der Waals surface area contributed by atoms with E-state index in [1.54, 1.807) is 6.07 Å². The molecule has 2 aromatic carbocycles. The lowest BCUT2D eigenvalue weighted by Gasteiger charge is -2.14. The molecule has 0 atom stereocenters. The molecule has 3 heteroatoms. The van der Waals surface area contributed by atoms with E-state index in [-0.39, 0.29) is 5.82 Å². The Morgan fingerprint density at radius 3 is 2.52 bits per heavy atom. The van der Waals surface area contributed by atoms with Gasteiger partial charge in [0, 0.05) is 0 Å². The monoisotopic (exact) mass is 287 g/mol. The third-order valence-electron chi connectivity index (χ3n) is 3.53. The maximum Gasteiger partial charge on any atom is 0.130 e. The third-order valence-corrected chi connectivity index (χ3v) is 3.53. The molecule has 0 unspecified atom stereocenters. The van der Waals surface area contributed by atoms with Gasteiger partial charge in [-0.1, -0.05) is 19.9 Å². The number of hydrogen-bond acceptors (Lipinski definition) is 2. The Morgan fingerprint density at radius 1 is 1.14 bits per heavy atom. The first-order valence-electron chi connectivity index (χ1n) is 7.28. The number of hydrogen-bond donors (Lipinski definition) is 1. The van der Waals surface area contributed by atoms with E-state index in [0.29, 0.717) is 24.6 Å². The average molecular weight is 287 g/mol. The van der Waals surface area contributed by atoms with Crippen molar-refractivity contribution in [3.8, 4) is 11.5 Å². The summed E-state index contributed by atoms with van der Waals surface area (Å²) >= 11 is 0. The highest BCUT2D eigenvalue weighted by Gasteiger charge is 2.09. The molecular formula is C18H22FNO. The molecule has 0 amide bonds. The van der Waals surface area contributed by atoms with E-state index >= 15 is 0 Å². The number of ether oxygens (including phenoxy) is 1. The normalized spacial score (nSPS) is 11.0. The van der Waals surface area contributed by atoms with Crippen molar-refractivity contribution in [2.45, 2.75) is 33.1 Å². The maximum atomic E-state index is 13.3. The molecule has 2 aromatic rings. The maximum absolute atomic E-state index is 13.3. The Bertz CT molecular complexity index is 623. The number of rotatable bonds is 5. The van der Waals surface area contributed by atoms with E-state index in [1.807, 2.05) is 12.1 Å². The first-order valence-corrected chi connectivity index (χ1v) is 7.28. The summed E-state index contributed by atoms with van der Waals surface area (Å²) < 4.78 is 19.2. The van der Waals surface area contributed by atoms with Gasteiger partial charge < -0.3 is 10.5 Å². The van der Waals surface area contributed by atoms with Crippen LogP contribution in [0.15, 0.2) is 36.4 Å². The number of nitrogens with two attached hydrogens (primary N) is 1. The molecule has 0 radical (unpaired) electrons. The van der Waals surface area contributed by atoms with E-state index in [4.69, 9.17) is 10.5 Å². The van der Waals surface area contributed by atoms with Crippen LogP contribution in [0.25, 0.3) is 0 Å². The first kappa shape index (κ1) is 15.5. The first-order chi connectivity index (χ1) is 10.0. The lowest BCUT2D eigenvalue weighted by Crippen LogP contribution is -2.04. The van der Waals surface area contributed by atoms with Crippen LogP contribution in [-0.2, 0) is 6.42 Å². The molecule has 0 bridgehead atoms. The Kier molecular flexibility index (Phi) is 4.97. The van der Waals surface area contributed by atoms with Gasteiger partial charge in [0.15, 0.2) is 0 Å². The van der Waals surface area contributed by atoms with Crippen molar-refractivity contribution in [2.24, 2.45) is 5.73 Å². The van der Waals surface area contributed by atoms with Crippen LogP contribution in [0.1, 0.15) is 36.5 Å². The lowest BCUT2D eigenvalue weighted by molar-refractivity contribution is 0.473. The summed E-state index contributed by atoms with van der Waals surface area (Å²) in [5.41, 5.74) is 8.87. The molecule has 2 rings (SSSR count). The van der Waals surface area contributed by atoms with E-state index in [2.05, 4.69) is 26.8 Å². The van der Waals surface area contributed by atoms with Crippen LogP contribution < -0.4 is 10.5 Å². The predicted octanol–water partition coefficient (Wildman–Crippen LogP) is 4.55. The number of benzene rings is 2. The number of aryl methyl sites for hydroxylation is 1. The molecule has 112 valence electrons. The minimum atomic E-state index is -0.267. The van der Waals surface area contributed by atoms with Gasteiger partial charge in [-0.25, -0.2) is 4.39 Å². The molecule has 0 aromatic heterocycles. The van der Waals surface area contributed by atoms with E-state index in [1.165, 1.54) is 23.3 Å². The molecule has 0 fully saturated rings. The molecule has 0 aliphatic rings. The van der Waals surface area contributed by atoms with E-state index in [0.717, 1.165) is 11.3 Å². The van der Waals surface area contributed by atoms with Crippen LogP contribution in [0.4, 0.5) is 4.39 Å². The van der Waals surface area contributed by atoms with Gasteiger partial charge in [0.1, 0.15) is 17.3 Å². The summed E-state index contributed by atoms with van der Waals surface area (Å²) in [6.07, 6.45) is 0.593. The number of halogens is 1. The fourth-order valence-corrected chi connectivity index (χ4v) is 2.48. The van der Waals surface area contributed by atoms with Crippen LogP contribution in [-0.4, -0.2) is 6.54 Å². The molecule has 0 spiro atoms. The molecule has 0 saturated carbocycles. The Labute approximate surface area is 125 Å². The minimum absolute atomic E-state index is 0.267. The summed E-state index contributed by atoms with van der Waals surface area (Å²) in [7, 11) is 0. The second-order valence-electron chi connectivity index (χ2n) is 5.57. The van der Waals surface area contributed by atoms with Gasteiger partial charge in [-0.05, 0) is 72.8 Å². The molecule has 0 saturated heterocycles. The van der Waals surface area contributed by atoms with Crippen LogP contribution in [0.2, 0.25) is 0 Å². The van der Waals surface area contributed by atoms with Crippen molar-refractivity contribution >= 4 is 0 Å². The summed E-state index contributed by atoms with van der Waals surface area (Å²) in [5.74, 6) is 1.65. The van der Waals surface area contributed by atoms with Crippen molar-refractivity contribution in [3.63, 3.8) is 0 Å². The van der Waals surface area contributed by atoms with Crippen LogP contribution in [0.5, 0.6) is 11.5 Å². The fourth-order valence-electron chi connectivity index (χ4n) is 2.48. The molecule has 2 nitrogen and oxygen atoms in total. The fraction of sp³-hybridized carbons (Fsp3) is 0.333. The van der Waals surface area contributed by atoms with Gasteiger partial charge in [0.25, 0.3) is 0 Å². The van der Waals surface area contributed by atoms with Crippen LogP contribution >= 0.6 is 0 Å². The molecule has 0 aliphatic heterocycles. The van der Waals surface area contributed by atoms with Crippen LogP contribution in [0, 0.1) is 12.7 Å². The highest BCUT2D eigenvalue weighted by Crippen LogP contribution is 2.29. The van der Waals surface area contributed by atoms with Crippen molar-refractivity contribution < 1.29 is 9.13 Å². The minimum Gasteiger partial charge on any atom is -0.457 e. The van der Waals surface area contributed by atoms with Gasteiger partial charge in [0.05, 0.1) is 0 Å². The molecule has 0 aliphatic carbocycles. The second-order valence-corrected chi connectivity index (χ2v) is 5.57. The van der Waals surface area contributed by atoms with Gasteiger partial charge in [0.2, 0.25) is 0 Å². The van der Waals surface area contributed by atoms with Crippen molar-refractivity contribution in [2.75, 3.05) is 6.54 Å². The highest BCUT2D eigenvalue weighted by atomic mass is 19.1. The van der Waals surface area contributed by atoms with Gasteiger partial charge in [-0.3, -0.25) is 0 Å². The van der Waals surface area contributed by atoms with Crippen molar-refractivity contribution in [1.82, 2.24) is 0 Å². The summed E-state index contributed by atoms with van der Waals surface area (Å²) in [5, 5.41) is 0. The highest BCUT2D eigenvalue weighted by molar-refractivity contribution is 5.42. The van der Waals surface area contributed by atoms with E-state index < -0.39 is 0 Å². The second kappa shape index (κ2) is 6.72. The Hall–Kier alpha value is -1.87. The van der Waals surface area contributed by atoms with E-state index in [9.17, 15) is 4.39 Å². The zero-order valence-electron chi connectivity index (χ0n) is 12.8. The standard InChI is InChI=1S/C18H22FNO/c1-12(2)17-6-5-16(10-13(17)3)21-18-7-4-15(19)11-14(18)8-9-20/h4-7,10-12H,8-9,20H2,1-3H3. The SMILES string of the molecule is Cc1cc(Oc2ccc(F)cc2CCN)ccc1C(C)C. The third kappa shape index (κ3) is 3.82. The Morgan fingerprint density at radius 2 is 1.90 bits per heavy atom. The zero-order valence-corrected chi connectivity index (χ0v) is 12.8. The molecule has 0 heterocycles. The average Bonchev–Trinajstić information content (AvgIpc) is 2.42. The lowest BCUT2D eigenvalue weighted by atomic mass is 9.98. The summed E-state index contributed by atoms with van der Waals surface area (Å²) in [4.78, 5) is 0. The zero-order chi connectivity index (χ0) is 15.4. The summed E-state index contributed by atoms with van der Waals surface area (Å²) in [6, 6.07) is 10.6. The Balaban J connectivity index is 2.28. The van der Waals surface area contributed by atoms with Crippen molar-refractivity contribution in [1.29, 1.82) is 0 Å². The van der Waals surface area contributed by atoms with Gasteiger partial charge in [-0.15, -0.1) is 0 Å². The molecular weight excluding hydrogens is 265 g/mol.